The smallest absolute Gasteiger partial charge is 0.397 e. The monoisotopic (exact) mass is 979 g/mol. The lowest BCUT2D eigenvalue weighted by molar-refractivity contribution is -0.301. The van der Waals surface area contributed by atoms with Gasteiger partial charge in [-0.15, -0.1) is 0 Å². The topological polar surface area (TPSA) is 178 Å². The van der Waals surface area contributed by atoms with Crippen LogP contribution in [0.5, 0.6) is 0 Å². The number of carbonyl (C=O) groups is 1. The van der Waals surface area contributed by atoms with Crippen LogP contribution < -0.4 is 0 Å². The van der Waals surface area contributed by atoms with Crippen LogP contribution in [0.25, 0.3) is 0 Å². The molecule has 0 aromatic heterocycles. The van der Waals surface area contributed by atoms with E-state index in [-0.39, 0.29) is 25.6 Å². The summed E-state index contributed by atoms with van der Waals surface area (Å²) >= 11 is 0. The molecule has 1 aliphatic rings. The summed E-state index contributed by atoms with van der Waals surface area (Å²) in [6.45, 7) is 4.08. The van der Waals surface area contributed by atoms with Crippen LogP contribution in [0.2, 0.25) is 0 Å². The van der Waals surface area contributed by atoms with Crippen LogP contribution in [-0.2, 0) is 38.3 Å². The minimum atomic E-state index is -5.06. The van der Waals surface area contributed by atoms with E-state index in [1.807, 2.05) is 0 Å². The first-order valence-corrected chi connectivity index (χ1v) is 29.7. The Morgan fingerprint density at radius 3 is 1.19 bits per heavy atom. The molecular weight excluding hydrogens is 873 g/mol. The van der Waals surface area contributed by atoms with E-state index in [0.717, 1.165) is 38.5 Å². The number of aliphatic hydroxyl groups excluding tert-OH is 3. The van der Waals surface area contributed by atoms with E-state index in [9.17, 15) is 33.1 Å². The first-order chi connectivity index (χ1) is 32.6. The van der Waals surface area contributed by atoms with Crippen molar-refractivity contribution in [3.05, 3.63) is 0 Å². The van der Waals surface area contributed by atoms with Gasteiger partial charge in [0.25, 0.3) is 0 Å². The van der Waals surface area contributed by atoms with Crippen LogP contribution in [-0.4, -0.2) is 97.5 Å². The van der Waals surface area contributed by atoms with Gasteiger partial charge in [-0.1, -0.05) is 258 Å². The fourth-order valence-electron chi connectivity index (χ4n) is 9.21. The van der Waals surface area contributed by atoms with Crippen LogP contribution in [0.15, 0.2) is 0 Å². The van der Waals surface area contributed by atoms with Crippen molar-refractivity contribution in [2.75, 3.05) is 26.4 Å². The highest BCUT2D eigenvalue weighted by molar-refractivity contribution is 7.80. The second-order valence-electron chi connectivity index (χ2n) is 19.9. The lowest BCUT2D eigenvalue weighted by Gasteiger charge is -2.41. The zero-order valence-corrected chi connectivity index (χ0v) is 44.1. The maximum absolute atomic E-state index is 12.9. The summed E-state index contributed by atoms with van der Waals surface area (Å²) in [6.07, 6.45) is 42.8. The largest absolute Gasteiger partial charge is 0.457 e. The fourth-order valence-corrected chi connectivity index (χ4v) is 9.72. The van der Waals surface area contributed by atoms with Crippen LogP contribution in [0.3, 0.4) is 0 Å². The minimum Gasteiger partial charge on any atom is -0.457 e. The molecule has 12 nitrogen and oxygen atoms in total. The summed E-state index contributed by atoms with van der Waals surface area (Å²) in [7, 11) is -5.06. The molecule has 0 aromatic carbocycles. The Morgan fingerprint density at radius 2 is 0.851 bits per heavy atom. The number of rotatable bonds is 51. The third kappa shape index (κ3) is 39.4. The van der Waals surface area contributed by atoms with Crippen LogP contribution in [0, 0.1) is 0 Å². The molecule has 400 valence electrons. The van der Waals surface area contributed by atoms with E-state index < -0.39 is 53.8 Å². The van der Waals surface area contributed by atoms with Crippen LogP contribution in [0.1, 0.15) is 277 Å². The summed E-state index contributed by atoms with van der Waals surface area (Å²) < 4.78 is 59.4. The molecular formula is C54H106O12S. The number of esters is 1. The third-order valence-corrected chi connectivity index (χ3v) is 13.9. The van der Waals surface area contributed by atoms with Crippen molar-refractivity contribution in [3.8, 4) is 0 Å². The Hall–Kier alpha value is -0.900. The number of hydrogen-bond donors (Lipinski definition) is 4. The molecule has 0 amide bonds. The molecule has 0 aliphatic carbocycles. The Labute approximate surface area is 411 Å². The molecule has 1 aliphatic heterocycles. The van der Waals surface area contributed by atoms with Gasteiger partial charge >= 0.3 is 16.4 Å². The van der Waals surface area contributed by atoms with E-state index in [1.165, 1.54) is 212 Å². The van der Waals surface area contributed by atoms with Gasteiger partial charge in [0, 0.05) is 13.0 Å². The van der Waals surface area contributed by atoms with Crippen LogP contribution in [0.4, 0.5) is 0 Å². The van der Waals surface area contributed by atoms with Crippen molar-refractivity contribution < 1.29 is 56.2 Å². The van der Waals surface area contributed by atoms with Gasteiger partial charge in [0.05, 0.1) is 19.8 Å². The molecule has 4 N–H and O–H groups in total. The van der Waals surface area contributed by atoms with Crippen molar-refractivity contribution in [2.24, 2.45) is 0 Å². The summed E-state index contributed by atoms with van der Waals surface area (Å²) in [6, 6.07) is 0. The molecule has 6 atom stereocenters. The molecule has 1 saturated heterocycles. The normalized spacial score (nSPS) is 19.3. The second kappa shape index (κ2) is 46.2. The van der Waals surface area contributed by atoms with Crippen molar-refractivity contribution in [1.82, 2.24) is 0 Å². The SMILES string of the molecule is CCCCCCCCCCCCCCCCCCCCCCCOCC(COC1OC(CO)C(O)C(OS(=O)(=O)O)C1O)OC(=O)CCCCCCCCCCCCCCCCCCCCC. The molecule has 67 heavy (non-hydrogen) atoms. The first-order valence-electron chi connectivity index (χ1n) is 28.3. The molecule has 6 unspecified atom stereocenters. The van der Waals surface area contributed by atoms with Crippen LogP contribution >= 0.6 is 0 Å². The number of ether oxygens (including phenoxy) is 4. The van der Waals surface area contributed by atoms with E-state index in [2.05, 4.69) is 18.0 Å². The van der Waals surface area contributed by atoms with E-state index in [1.54, 1.807) is 0 Å². The predicted octanol–water partition coefficient (Wildman–Crippen LogP) is 13.6. The highest BCUT2D eigenvalue weighted by atomic mass is 32.3. The highest BCUT2D eigenvalue weighted by Crippen LogP contribution is 2.26. The van der Waals surface area contributed by atoms with Crippen molar-refractivity contribution in [1.29, 1.82) is 0 Å². The van der Waals surface area contributed by atoms with E-state index in [4.69, 9.17) is 18.9 Å². The van der Waals surface area contributed by atoms with Gasteiger partial charge in [0.2, 0.25) is 0 Å². The summed E-state index contributed by atoms with van der Waals surface area (Å²) in [5, 5.41) is 30.8. The molecule has 0 spiro atoms. The molecule has 1 heterocycles. The quantitative estimate of drug-likeness (QED) is 0.0258. The molecule has 0 aromatic rings. The molecule has 13 heteroatoms. The van der Waals surface area contributed by atoms with Gasteiger partial charge in [-0.2, -0.15) is 8.42 Å². The zero-order valence-electron chi connectivity index (χ0n) is 43.2. The Kier molecular flexibility index (Phi) is 44.2. The lowest BCUT2D eigenvalue weighted by Crippen LogP contribution is -2.60. The Bertz CT molecular complexity index is 1180. The number of unbranched alkanes of at least 4 members (excludes halogenated alkanes) is 38. The Morgan fingerprint density at radius 1 is 0.507 bits per heavy atom. The van der Waals surface area contributed by atoms with E-state index >= 15 is 0 Å². The van der Waals surface area contributed by atoms with Gasteiger partial charge < -0.3 is 34.3 Å². The molecule has 1 fully saturated rings. The maximum atomic E-state index is 12.9. The predicted molar refractivity (Wildman–Crippen MR) is 271 cm³/mol. The summed E-state index contributed by atoms with van der Waals surface area (Å²) in [5.74, 6) is -0.389. The van der Waals surface area contributed by atoms with Crippen molar-refractivity contribution in [3.63, 3.8) is 0 Å². The third-order valence-electron chi connectivity index (χ3n) is 13.5. The molecule has 0 radical (unpaired) electrons. The van der Waals surface area contributed by atoms with Gasteiger partial charge in [0.15, 0.2) is 6.29 Å². The standard InChI is InChI=1S/C54H106O12S/c1-3-5-7-9-11-13-15-17-19-21-23-24-26-28-30-32-34-36-38-40-42-44-62-46-48(47-63-54-52(58)53(66-67(59,60)61)51(57)49(45-55)65-54)64-50(56)43-41-39-37-35-33-31-29-27-25-22-20-18-16-14-12-10-8-6-4-2/h48-49,51-55,57-58H,3-47H2,1-2H3,(H,59,60,61). The number of carbonyl (C=O) groups excluding carboxylic acids is 1. The minimum absolute atomic E-state index is 0.0456. The number of aliphatic hydroxyl groups is 3. The molecule has 0 bridgehead atoms. The average molecular weight is 979 g/mol. The summed E-state index contributed by atoms with van der Waals surface area (Å²) in [4.78, 5) is 12.9. The number of hydrogen-bond acceptors (Lipinski definition) is 11. The van der Waals surface area contributed by atoms with Crippen molar-refractivity contribution in [2.45, 2.75) is 314 Å². The van der Waals surface area contributed by atoms with Crippen molar-refractivity contribution >= 4 is 16.4 Å². The molecule has 1 rings (SSSR count). The van der Waals surface area contributed by atoms with Gasteiger partial charge in [-0.05, 0) is 12.8 Å². The van der Waals surface area contributed by atoms with E-state index in [0.29, 0.717) is 13.0 Å². The fraction of sp³-hybridized carbons (Fsp3) is 0.981. The second-order valence-corrected chi connectivity index (χ2v) is 20.9. The zero-order chi connectivity index (χ0) is 48.9. The average Bonchev–Trinajstić information content (AvgIpc) is 3.30. The highest BCUT2D eigenvalue weighted by Gasteiger charge is 2.48. The lowest BCUT2D eigenvalue weighted by atomic mass is 9.99. The summed E-state index contributed by atoms with van der Waals surface area (Å²) in [5.41, 5.74) is 0. The Balaban J connectivity index is 2.29. The van der Waals surface area contributed by atoms with Gasteiger partial charge in [-0.25, -0.2) is 4.18 Å². The van der Waals surface area contributed by atoms with Gasteiger partial charge in [-0.3, -0.25) is 9.35 Å². The first kappa shape index (κ1) is 64.1. The maximum Gasteiger partial charge on any atom is 0.397 e. The molecule has 0 saturated carbocycles. The van der Waals surface area contributed by atoms with Gasteiger partial charge in [0.1, 0.15) is 30.5 Å².